The Balaban J connectivity index is 1.23. The molecule has 48 heavy (non-hydrogen) atoms. The minimum absolute atomic E-state index is 0.387. The van der Waals surface area contributed by atoms with Crippen molar-refractivity contribution in [1.82, 2.24) is 0 Å². The molecule has 0 N–H and O–H groups in total. The Hall–Kier alpha value is -5.13. The average Bonchev–Trinajstić information content (AvgIpc) is 3.39. The van der Waals surface area contributed by atoms with E-state index in [4.69, 9.17) is 0 Å². The van der Waals surface area contributed by atoms with Crippen LogP contribution in [-0.2, 0) is 40.9 Å². The lowest BCUT2D eigenvalue weighted by Gasteiger charge is -2.37. The van der Waals surface area contributed by atoms with Gasteiger partial charge in [0.2, 0.25) is 9.84 Å². The fourth-order valence-electron chi connectivity index (χ4n) is 8.14. The van der Waals surface area contributed by atoms with Crippen molar-refractivity contribution in [3.05, 3.63) is 167 Å². The summed E-state index contributed by atoms with van der Waals surface area (Å²) in [6.07, 6.45) is 3.81. The van der Waals surface area contributed by atoms with Gasteiger partial charge in [-0.3, -0.25) is 0 Å². The largest absolute Gasteiger partial charge is 0.310 e. The quantitative estimate of drug-likeness (QED) is 0.188. The van der Waals surface area contributed by atoms with Crippen molar-refractivity contribution in [2.75, 3.05) is 9.80 Å². The number of anilines is 6. The number of sulfone groups is 1. The number of para-hydroxylation sites is 4. The van der Waals surface area contributed by atoms with Crippen molar-refractivity contribution >= 4 is 44.0 Å². The van der Waals surface area contributed by atoms with Gasteiger partial charge in [0.25, 0.3) is 0 Å². The number of fused-ring (bicyclic) bond motifs is 6. The highest BCUT2D eigenvalue weighted by Crippen LogP contribution is 2.51. The second-order valence-corrected chi connectivity index (χ2v) is 15.6. The van der Waals surface area contributed by atoms with E-state index in [1.807, 2.05) is 24.3 Å². The maximum absolute atomic E-state index is 14.4. The Kier molecular flexibility index (Phi) is 6.47. The van der Waals surface area contributed by atoms with Crippen LogP contribution in [-0.4, -0.2) is 8.42 Å². The summed E-state index contributed by atoms with van der Waals surface area (Å²) in [5.74, 6) is 0. The van der Waals surface area contributed by atoms with Crippen LogP contribution in [0.25, 0.3) is 0 Å². The highest BCUT2D eigenvalue weighted by Gasteiger charge is 2.42. The van der Waals surface area contributed by atoms with Gasteiger partial charge in [0.15, 0.2) is 0 Å². The highest BCUT2D eigenvalue weighted by atomic mass is 32.2. The van der Waals surface area contributed by atoms with Crippen LogP contribution in [0.1, 0.15) is 47.2 Å². The highest BCUT2D eigenvalue weighted by molar-refractivity contribution is 7.91. The van der Waals surface area contributed by atoms with Crippen molar-refractivity contribution in [2.45, 2.75) is 54.7 Å². The van der Waals surface area contributed by atoms with E-state index in [0.29, 0.717) is 9.79 Å². The number of rotatable bonds is 2. The van der Waals surface area contributed by atoms with Crippen LogP contribution in [0.3, 0.4) is 0 Å². The summed E-state index contributed by atoms with van der Waals surface area (Å²) >= 11 is 0. The molecule has 3 heterocycles. The number of hydrogen-bond donors (Lipinski definition) is 0. The van der Waals surface area contributed by atoms with Gasteiger partial charge < -0.3 is 9.80 Å². The summed E-state index contributed by atoms with van der Waals surface area (Å²) in [5.41, 5.74) is 12.7. The Labute approximate surface area is 282 Å². The molecule has 0 unspecified atom stereocenters. The van der Waals surface area contributed by atoms with Crippen LogP contribution in [0, 0.1) is 0 Å². The van der Waals surface area contributed by atoms with Crippen molar-refractivity contribution in [3.63, 3.8) is 0 Å². The maximum atomic E-state index is 14.4. The first-order valence-corrected chi connectivity index (χ1v) is 18.3. The molecule has 3 aliphatic heterocycles. The zero-order valence-corrected chi connectivity index (χ0v) is 28.0. The molecule has 4 nitrogen and oxygen atoms in total. The predicted molar refractivity (Wildman–Crippen MR) is 195 cm³/mol. The maximum Gasteiger partial charge on any atom is 0.207 e. The topological polar surface area (TPSA) is 40.6 Å². The number of aryl methyl sites for hydroxylation is 4. The van der Waals surface area contributed by atoms with Crippen LogP contribution in [0.15, 0.2) is 143 Å². The van der Waals surface area contributed by atoms with Gasteiger partial charge >= 0.3 is 0 Å². The SMILES string of the molecule is CC1(C)c2cc(N3c4ccccc4CCc4ccccc43)ccc2S(=O)(=O)c2ccc(N3c4ccccc4CCc4ccccc43)cc21. The molecule has 9 rings (SSSR count). The Morgan fingerprint density at radius 2 is 0.771 bits per heavy atom. The van der Waals surface area contributed by atoms with Crippen molar-refractivity contribution < 1.29 is 8.42 Å². The van der Waals surface area contributed by atoms with Gasteiger partial charge in [0.1, 0.15) is 0 Å². The smallest absolute Gasteiger partial charge is 0.207 e. The van der Waals surface area contributed by atoms with Gasteiger partial charge in [-0.2, -0.15) is 0 Å². The van der Waals surface area contributed by atoms with Gasteiger partial charge in [-0.15, -0.1) is 0 Å². The Morgan fingerprint density at radius 1 is 0.458 bits per heavy atom. The molecule has 3 aliphatic rings. The van der Waals surface area contributed by atoms with Gasteiger partial charge in [-0.25, -0.2) is 8.42 Å². The lowest BCUT2D eigenvalue weighted by Crippen LogP contribution is -2.30. The Bertz CT molecular complexity index is 2120. The van der Waals surface area contributed by atoms with E-state index in [0.717, 1.165) is 70.9 Å². The normalized spacial score (nSPS) is 16.6. The molecule has 0 aliphatic carbocycles. The molecule has 0 saturated heterocycles. The standard InChI is InChI=1S/C43H36N2O2S/c1-43(2)35-27-33(44-37-15-7-3-11-29(37)19-20-30-12-4-8-16-38(30)44)23-25-41(35)48(46,47)42-26-24-34(28-36(42)43)45-39-17-9-5-13-31(39)21-22-32-14-6-10-18-40(32)45/h3-18,23-28H,19-22H2,1-2H3. The van der Waals surface area contributed by atoms with Gasteiger partial charge in [0, 0.05) is 39.5 Å². The van der Waals surface area contributed by atoms with Crippen molar-refractivity contribution in [2.24, 2.45) is 0 Å². The number of benzene rings is 6. The molecule has 0 saturated carbocycles. The second kappa shape index (κ2) is 10.7. The summed E-state index contributed by atoms with van der Waals surface area (Å²) < 4.78 is 28.9. The molecule has 0 spiro atoms. The van der Waals surface area contributed by atoms with Gasteiger partial charge in [0.05, 0.1) is 9.79 Å². The Morgan fingerprint density at radius 3 is 1.10 bits per heavy atom. The van der Waals surface area contributed by atoms with E-state index in [1.54, 1.807) is 0 Å². The molecule has 0 bridgehead atoms. The second-order valence-electron chi connectivity index (χ2n) is 13.7. The predicted octanol–water partition coefficient (Wildman–Crippen LogP) is 10.3. The van der Waals surface area contributed by atoms with E-state index >= 15 is 0 Å². The van der Waals surface area contributed by atoms with Crippen LogP contribution in [0.4, 0.5) is 34.1 Å². The molecule has 0 radical (unpaired) electrons. The van der Waals surface area contributed by atoms with Gasteiger partial charge in [-0.1, -0.05) is 86.6 Å². The molecule has 236 valence electrons. The van der Waals surface area contributed by atoms with Crippen LogP contribution in [0.5, 0.6) is 0 Å². The first kappa shape index (κ1) is 29.0. The van der Waals surface area contributed by atoms with E-state index in [2.05, 4.69) is 133 Å². The van der Waals surface area contributed by atoms with Crippen LogP contribution in [0.2, 0.25) is 0 Å². The lowest BCUT2D eigenvalue weighted by molar-refractivity contribution is 0.556. The fourth-order valence-corrected chi connectivity index (χ4v) is 10.1. The van der Waals surface area contributed by atoms with Crippen molar-refractivity contribution in [3.8, 4) is 0 Å². The van der Waals surface area contributed by atoms with Crippen LogP contribution < -0.4 is 9.80 Å². The fraction of sp³-hybridized carbons (Fsp3) is 0.163. The number of hydrogen-bond acceptors (Lipinski definition) is 4. The van der Waals surface area contributed by atoms with Crippen molar-refractivity contribution in [1.29, 1.82) is 0 Å². The molecular formula is C43H36N2O2S. The summed E-state index contributed by atoms with van der Waals surface area (Å²) in [6.45, 7) is 4.34. The van der Waals surface area contributed by atoms with E-state index in [-0.39, 0.29) is 0 Å². The summed E-state index contributed by atoms with van der Waals surface area (Å²) in [5, 5.41) is 0. The zero-order chi connectivity index (χ0) is 32.6. The minimum atomic E-state index is -3.76. The molecule has 0 amide bonds. The van der Waals surface area contributed by atoms with Gasteiger partial charge in [-0.05, 0) is 120 Å². The third kappa shape index (κ3) is 4.30. The molecule has 6 aromatic rings. The average molecular weight is 645 g/mol. The molecule has 0 fully saturated rings. The lowest BCUT2D eigenvalue weighted by atomic mass is 9.77. The third-order valence-corrected chi connectivity index (χ3v) is 12.5. The summed E-state index contributed by atoms with van der Waals surface area (Å²) in [4.78, 5) is 5.41. The van der Waals surface area contributed by atoms with Crippen LogP contribution >= 0.6 is 0 Å². The minimum Gasteiger partial charge on any atom is -0.310 e. The van der Waals surface area contributed by atoms with E-state index < -0.39 is 15.3 Å². The summed E-state index contributed by atoms with van der Waals surface area (Å²) in [6, 6.07) is 46.2. The first-order valence-electron chi connectivity index (χ1n) is 16.8. The first-order chi connectivity index (χ1) is 23.3. The molecule has 5 heteroatoms. The molecule has 6 aromatic carbocycles. The number of nitrogens with zero attached hydrogens (tertiary/aromatic N) is 2. The molecule has 0 aromatic heterocycles. The summed E-state index contributed by atoms with van der Waals surface area (Å²) in [7, 11) is -3.76. The van der Waals surface area contributed by atoms with E-state index in [9.17, 15) is 8.42 Å². The zero-order valence-electron chi connectivity index (χ0n) is 27.1. The van der Waals surface area contributed by atoms with E-state index in [1.165, 1.54) is 22.3 Å². The third-order valence-electron chi connectivity index (χ3n) is 10.6. The molecule has 0 atom stereocenters. The monoisotopic (exact) mass is 644 g/mol. The molecular weight excluding hydrogens is 609 g/mol.